The zero-order chi connectivity index (χ0) is 32.8. The highest BCUT2D eigenvalue weighted by molar-refractivity contribution is 7.89. The molecule has 0 aliphatic rings. The van der Waals surface area contributed by atoms with Crippen LogP contribution in [0.2, 0.25) is 5.02 Å². The van der Waals surface area contributed by atoms with Gasteiger partial charge in [-0.05, 0) is 41.3 Å². The molecule has 0 amide bonds. The van der Waals surface area contributed by atoms with E-state index in [2.05, 4.69) is 14.7 Å². The van der Waals surface area contributed by atoms with Gasteiger partial charge in [0.25, 0.3) is 5.60 Å². The van der Waals surface area contributed by atoms with E-state index >= 15 is 0 Å². The van der Waals surface area contributed by atoms with E-state index in [9.17, 15) is 44.7 Å². The Hall–Kier alpha value is -3.76. The summed E-state index contributed by atoms with van der Waals surface area (Å²) in [4.78, 5) is 18.1. The van der Waals surface area contributed by atoms with Crippen LogP contribution in [0.1, 0.15) is 21.9 Å². The van der Waals surface area contributed by atoms with Crippen LogP contribution >= 0.6 is 22.9 Å². The summed E-state index contributed by atoms with van der Waals surface area (Å²) >= 11 is 7.60. The molecule has 7 nitrogen and oxygen atoms in total. The van der Waals surface area contributed by atoms with Crippen LogP contribution in [-0.4, -0.2) is 42.4 Å². The Morgan fingerprint density at radius 3 is 2.31 bits per heavy atom. The lowest BCUT2D eigenvalue weighted by atomic mass is 9.91. The van der Waals surface area contributed by atoms with E-state index in [1.165, 1.54) is 12.1 Å². The molecule has 1 atom stereocenters. The number of hydrogen-bond donors (Lipinski definition) is 3. The first kappa shape index (κ1) is 32.6. The molecule has 3 N–H and O–H groups in total. The number of aromatic amines is 1. The Bertz CT molecular complexity index is 2010. The fourth-order valence-electron chi connectivity index (χ4n) is 4.71. The average Bonchev–Trinajstić information content (AvgIpc) is 3.41. The third-order valence-corrected chi connectivity index (χ3v) is 10.1. The van der Waals surface area contributed by atoms with Crippen molar-refractivity contribution >= 4 is 43.0 Å². The maximum absolute atomic E-state index is 13.6. The van der Waals surface area contributed by atoms with Gasteiger partial charge in [-0.1, -0.05) is 48.0 Å². The van der Waals surface area contributed by atoms with Crippen LogP contribution in [0, 0.1) is 0 Å². The number of thiophene rings is 1. The molecule has 0 spiro atoms. The number of hydrogen-bond acceptors (Lipinski definition) is 6. The monoisotopic (exact) mass is 687 g/mol. The van der Waals surface area contributed by atoms with E-state index in [1.54, 1.807) is 36.4 Å². The van der Waals surface area contributed by atoms with Gasteiger partial charge < -0.3 is 10.1 Å². The highest BCUT2D eigenvalue weighted by atomic mass is 35.5. The van der Waals surface area contributed by atoms with Crippen molar-refractivity contribution in [2.45, 2.75) is 28.8 Å². The molecule has 1 unspecified atom stereocenters. The molecule has 0 saturated heterocycles. The lowest BCUT2D eigenvalue weighted by Crippen LogP contribution is -2.53. The van der Waals surface area contributed by atoms with Crippen molar-refractivity contribution < 1.29 is 39.9 Å². The predicted octanol–water partition coefficient (Wildman–Crippen LogP) is 6.73. The second-order valence-electron chi connectivity index (χ2n) is 9.82. The Morgan fingerprint density at radius 1 is 0.956 bits per heavy atom. The van der Waals surface area contributed by atoms with E-state index in [0.717, 1.165) is 35.9 Å². The number of benzene rings is 2. The third kappa shape index (κ3) is 6.22. The minimum atomic E-state index is -6.07. The van der Waals surface area contributed by atoms with Crippen LogP contribution in [0.15, 0.2) is 94.9 Å². The molecule has 0 aliphatic carbocycles. The van der Waals surface area contributed by atoms with E-state index in [0.29, 0.717) is 37.7 Å². The molecule has 5 rings (SSSR count). The number of aromatic nitrogens is 2. The molecule has 0 aliphatic heterocycles. The number of H-pyrrole nitrogens is 1. The SMILES string of the molecule is O=c1ccc(S(=O)(=O)NCC(c2cc3cccc(-c4cc(C(O)(C(F)(F)F)C(F)(F)F)ccn4)c3s2)c2ccccc2Cl)c[nH]1. The summed E-state index contributed by atoms with van der Waals surface area (Å²) < 4.78 is 110. The van der Waals surface area contributed by atoms with Crippen LogP contribution in [0.4, 0.5) is 26.3 Å². The molecule has 0 radical (unpaired) electrons. The first-order valence-corrected chi connectivity index (χ1v) is 15.5. The first-order chi connectivity index (χ1) is 21.0. The van der Waals surface area contributed by atoms with Crippen LogP contribution in [0.5, 0.6) is 0 Å². The number of nitrogens with one attached hydrogen (secondary N) is 2. The lowest BCUT2D eigenvalue weighted by molar-refractivity contribution is -0.376. The average molecular weight is 688 g/mol. The fourth-order valence-corrected chi connectivity index (χ4v) is 7.29. The number of rotatable bonds is 8. The lowest BCUT2D eigenvalue weighted by Gasteiger charge is -2.32. The number of nitrogens with zero attached hydrogens (tertiary/aromatic N) is 1. The van der Waals surface area contributed by atoms with Gasteiger partial charge in [0.15, 0.2) is 0 Å². The largest absolute Gasteiger partial charge is 0.430 e. The van der Waals surface area contributed by atoms with Crippen molar-refractivity contribution in [3.8, 4) is 11.3 Å². The van der Waals surface area contributed by atoms with Crippen molar-refractivity contribution in [2.24, 2.45) is 0 Å². The standard InChI is InChI=1S/C29H20ClF6N3O4S2/c30-22-7-2-1-5-19(22)21(15-39-45(42,43)18-8-9-25(40)38-14-18)24-12-16-4-3-6-20(26(16)44-24)23-13-17(10-11-37-23)27(41,28(31,32)33)29(34,35)36/h1-14,21,39,41H,15H2,(H,38,40). The Labute approximate surface area is 260 Å². The molecule has 16 heteroatoms. The summed E-state index contributed by atoms with van der Waals surface area (Å²) in [5.74, 6) is -0.693. The number of halogens is 7. The Balaban J connectivity index is 1.59. The van der Waals surface area contributed by atoms with Crippen molar-refractivity contribution in [3.63, 3.8) is 0 Å². The van der Waals surface area contributed by atoms with Crippen LogP contribution < -0.4 is 10.3 Å². The van der Waals surface area contributed by atoms with Crippen LogP contribution in [0.3, 0.4) is 0 Å². The molecule has 3 heterocycles. The van der Waals surface area contributed by atoms with E-state index in [4.69, 9.17) is 11.6 Å². The smallest absolute Gasteiger partial charge is 0.369 e. The number of alkyl halides is 6. The topological polar surface area (TPSA) is 112 Å². The van der Waals surface area contributed by atoms with Crippen molar-refractivity contribution in [1.29, 1.82) is 0 Å². The maximum Gasteiger partial charge on any atom is 0.430 e. The minimum Gasteiger partial charge on any atom is -0.369 e. The predicted molar refractivity (Wildman–Crippen MR) is 157 cm³/mol. The minimum absolute atomic E-state index is 0.184. The molecular formula is C29H20ClF6N3O4S2. The summed E-state index contributed by atoms with van der Waals surface area (Å²) in [6, 6.07) is 16.2. The van der Waals surface area contributed by atoms with Crippen molar-refractivity contribution in [3.05, 3.63) is 117 Å². The van der Waals surface area contributed by atoms with Gasteiger partial charge in [-0.2, -0.15) is 26.3 Å². The number of aliphatic hydroxyl groups is 1. The van der Waals surface area contributed by atoms with E-state index < -0.39 is 45.0 Å². The molecule has 45 heavy (non-hydrogen) atoms. The van der Waals surface area contributed by atoms with Gasteiger partial charge in [-0.25, -0.2) is 13.1 Å². The van der Waals surface area contributed by atoms with Gasteiger partial charge in [0.05, 0.1) is 10.6 Å². The second kappa shape index (κ2) is 11.9. The number of pyridine rings is 2. The van der Waals surface area contributed by atoms with Gasteiger partial charge in [0, 0.05) is 56.6 Å². The first-order valence-electron chi connectivity index (χ1n) is 12.8. The number of fused-ring (bicyclic) bond motifs is 1. The maximum atomic E-state index is 13.6. The Kier molecular flexibility index (Phi) is 8.61. The zero-order valence-electron chi connectivity index (χ0n) is 22.4. The van der Waals surface area contributed by atoms with Gasteiger partial charge in [-0.15, -0.1) is 11.3 Å². The third-order valence-electron chi connectivity index (χ3n) is 7.00. The number of sulfonamides is 1. The summed E-state index contributed by atoms with van der Waals surface area (Å²) in [5, 5.41) is 10.8. The van der Waals surface area contributed by atoms with Crippen LogP contribution in [0.25, 0.3) is 21.3 Å². The van der Waals surface area contributed by atoms with Gasteiger partial charge in [0.1, 0.15) is 0 Å². The summed E-state index contributed by atoms with van der Waals surface area (Å²) in [5.41, 5.74) is -6.62. The molecule has 2 aromatic carbocycles. The molecule has 0 bridgehead atoms. The van der Waals surface area contributed by atoms with Gasteiger partial charge >= 0.3 is 12.4 Å². The zero-order valence-corrected chi connectivity index (χ0v) is 24.8. The molecule has 5 aromatic rings. The highest BCUT2D eigenvalue weighted by Gasteiger charge is 2.71. The molecule has 3 aromatic heterocycles. The second-order valence-corrected chi connectivity index (χ2v) is 13.1. The fraction of sp³-hybridized carbons (Fsp3) is 0.172. The van der Waals surface area contributed by atoms with Gasteiger partial charge in [0.2, 0.25) is 15.6 Å². The van der Waals surface area contributed by atoms with E-state index in [1.807, 2.05) is 0 Å². The molecule has 0 fully saturated rings. The Morgan fingerprint density at radius 2 is 1.67 bits per heavy atom. The molecular weight excluding hydrogens is 668 g/mol. The van der Waals surface area contributed by atoms with Crippen molar-refractivity contribution in [2.75, 3.05) is 6.54 Å². The molecule has 0 saturated carbocycles. The van der Waals surface area contributed by atoms with E-state index in [-0.39, 0.29) is 22.7 Å². The normalized spacial score (nSPS) is 13.7. The van der Waals surface area contributed by atoms with Crippen molar-refractivity contribution in [1.82, 2.24) is 14.7 Å². The highest BCUT2D eigenvalue weighted by Crippen LogP contribution is 2.50. The van der Waals surface area contributed by atoms with Gasteiger partial charge in [-0.3, -0.25) is 9.78 Å². The summed E-state index contributed by atoms with van der Waals surface area (Å²) in [6.07, 6.45) is -10.4. The van der Waals surface area contributed by atoms with Crippen LogP contribution in [-0.2, 0) is 15.6 Å². The summed E-state index contributed by atoms with van der Waals surface area (Å²) in [7, 11) is -4.10. The summed E-state index contributed by atoms with van der Waals surface area (Å²) in [6.45, 7) is -0.203. The molecule has 236 valence electrons. The quantitative estimate of drug-likeness (QED) is 0.157.